The van der Waals surface area contributed by atoms with Gasteiger partial charge in [-0.1, -0.05) is 31.4 Å². The van der Waals surface area contributed by atoms with E-state index in [1.54, 1.807) is 12.1 Å². The summed E-state index contributed by atoms with van der Waals surface area (Å²) in [4.78, 5) is 11.0. The zero-order chi connectivity index (χ0) is 14.1. The van der Waals surface area contributed by atoms with Gasteiger partial charge in [-0.3, -0.25) is 0 Å². The summed E-state index contributed by atoms with van der Waals surface area (Å²) in [7, 11) is 0. The Morgan fingerprint density at radius 1 is 1.45 bits per heavy atom. The molecule has 0 aliphatic heterocycles. The van der Waals surface area contributed by atoms with Crippen molar-refractivity contribution in [2.75, 3.05) is 0 Å². The highest BCUT2D eigenvalue weighted by Crippen LogP contribution is 2.35. The van der Waals surface area contributed by atoms with Crippen molar-refractivity contribution >= 4 is 17.0 Å². The fourth-order valence-corrected chi connectivity index (χ4v) is 3.20. The lowest BCUT2D eigenvalue weighted by atomic mass is 9.84. The van der Waals surface area contributed by atoms with E-state index in [2.05, 4.69) is 17.2 Å². The van der Waals surface area contributed by atoms with Crippen molar-refractivity contribution in [3.8, 4) is 0 Å². The predicted molar refractivity (Wildman–Crippen MR) is 75.8 cm³/mol. The van der Waals surface area contributed by atoms with Gasteiger partial charge in [-0.05, 0) is 37.0 Å². The molecule has 1 aromatic heterocycles. The Morgan fingerprint density at radius 3 is 3.05 bits per heavy atom. The fraction of sp³-hybridized carbons (Fsp3) is 0.533. The second-order valence-corrected chi connectivity index (χ2v) is 5.64. The molecule has 0 amide bonds. The third-order valence-electron chi connectivity index (χ3n) is 4.40. The van der Waals surface area contributed by atoms with E-state index in [0.29, 0.717) is 11.6 Å². The minimum atomic E-state index is -0.926. The molecule has 1 fully saturated rings. The van der Waals surface area contributed by atoms with Crippen LogP contribution in [0.15, 0.2) is 18.2 Å². The van der Waals surface area contributed by atoms with Gasteiger partial charge < -0.3 is 5.11 Å². The third kappa shape index (κ3) is 2.28. The van der Waals surface area contributed by atoms with Gasteiger partial charge in [0, 0.05) is 0 Å². The summed E-state index contributed by atoms with van der Waals surface area (Å²) in [6, 6.07) is 5.45. The largest absolute Gasteiger partial charge is 0.478 e. The second kappa shape index (κ2) is 5.23. The van der Waals surface area contributed by atoms with Crippen LogP contribution < -0.4 is 0 Å². The zero-order valence-corrected chi connectivity index (χ0v) is 11.6. The van der Waals surface area contributed by atoms with Crippen LogP contribution in [0.2, 0.25) is 0 Å². The molecule has 106 valence electrons. The Kier molecular flexibility index (Phi) is 3.42. The van der Waals surface area contributed by atoms with Gasteiger partial charge in [0.25, 0.3) is 0 Å². The zero-order valence-electron chi connectivity index (χ0n) is 11.6. The Hall–Kier alpha value is -1.91. The van der Waals surface area contributed by atoms with E-state index in [4.69, 9.17) is 5.11 Å². The molecule has 5 heteroatoms. The van der Waals surface area contributed by atoms with Crippen LogP contribution in [0, 0.1) is 5.92 Å². The Morgan fingerprint density at radius 2 is 2.30 bits per heavy atom. The van der Waals surface area contributed by atoms with Gasteiger partial charge in [-0.2, -0.15) is 0 Å². The number of carboxylic acid groups (broad SMARTS) is 1. The van der Waals surface area contributed by atoms with Gasteiger partial charge in [-0.15, -0.1) is 5.10 Å². The molecule has 2 atom stereocenters. The number of aromatic carboxylic acids is 1. The van der Waals surface area contributed by atoms with Gasteiger partial charge in [0.15, 0.2) is 0 Å². The van der Waals surface area contributed by atoms with E-state index in [0.717, 1.165) is 24.3 Å². The van der Waals surface area contributed by atoms with Crippen molar-refractivity contribution in [2.45, 2.75) is 45.1 Å². The molecule has 1 heterocycles. The average Bonchev–Trinajstić information content (AvgIpc) is 2.90. The average molecular weight is 273 g/mol. The van der Waals surface area contributed by atoms with E-state index in [-0.39, 0.29) is 5.56 Å². The van der Waals surface area contributed by atoms with E-state index in [9.17, 15) is 4.79 Å². The number of carboxylic acids is 1. The first kappa shape index (κ1) is 13.1. The van der Waals surface area contributed by atoms with Crippen LogP contribution in [0.4, 0.5) is 0 Å². The standard InChI is InChI=1S/C15H19N3O2/c1-2-10-4-3-5-12(8-10)18-14-7-6-11(15(19)20)9-13(14)16-17-18/h6-7,9-10,12H,2-5,8H2,1H3,(H,19,20). The molecule has 5 nitrogen and oxygen atoms in total. The lowest BCUT2D eigenvalue weighted by Crippen LogP contribution is -2.19. The summed E-state index contributed by atoms with van der Waals surface area (Å²) < 4.78 is 1.99. The molecule has 0 radical (unpaired) electrons. The normalized spacial score (nSPS) is 23.1. The molecular weight excluding hydrogens is 254 g/mol. The Balaban J connectivity index is 1.94. The topological polar surface area (TPSA) is 68.0 Å². The lowest BCUT2D eigenvalue weighted by Gasteiger charge is -2.28. The molecule has 0 bridgehead atoms. The van der Waals surface area contributed by atoms with Gasteiger partial charge in [0.2, 0.25) is 0 Å². The minimum Gasteiger partial charge on any atom is -0.478 e. The monoisotopic (exact) mass is 273 g/mol. The van der Waals surface area contributed by atoms with Crippen LogP contribution in [-0.2, 0) is 0 Å². The minimum absolute atomic E-state index is 0.264. The predicted octanol–water partition coefficient (Wildman–Crippen LogP) is 3.27. The molecule has 1 aliphatic rings. The van der Waals surface area contributed by atoms with Crippen molar-refractivity contribution in [1.82, 2.24) is 15.0 Å². The molecule has 20 heavy (non-hydrogen) atoms. The molecular formula is C15H19N3O2. The quantitative estimate of drug-likeness (QED) is 0.931. The molecule has 0 saturated heterocycles. The van der Waals surface area contributed by atoms with Crippen molar-refractivity contribution in [3.05, 3.63) is 23.8 Å². The number of rotatable bonds is 3. The summed E-state index contributed by atoms with van der Waals surface area (Å²) >= 11 is 0. The highest BCUT2D eigenvalue weighted by molar-refractivity contribution is 5.92. The number of benzene rings is 1. The van der Waals surface area contributed by atoms with Gasteiger partial charge in [0.1, 0.15) is 5.52 Å². The second-order valence-electron chi connectivity index (χ2n) is 5.64. The van der Waals surface area contributed by atoms with Crippen LogP contribution in [-0.4, -0.2) is 26.1 Å². The summed E-state index contributed by atoms with van der Waals surface area (Å²) in [6.07, 6.45) is 6.04. The maximum atomic E-state index is 11.0. The number of nitrogens with zero attached hydrogens (tertiary/aromatic N) is 3. The highest BCUT2D eigenvalue weighted by atomic mass is 16.4. The van der Waals surface area contributed by atoms with E-state index < -0.39 is 5.97 Å². The van der Waals surface area contributed by atoms with Gasteiger partial charge in [0.05, 0.1) is 17.1 Å². The van der Waals surface area contributed by atoms with Crippen LogP contribution in [0.25, 0.3) is 11.0 Å². The first-order valence-electron chi connectivity index (χ1n) is 7.27. The lowest BCUT2D eigenvalue weighted by molar-refractivity contribution is 0.0697. The van der Waals surface area contributed by atoms with E-state index >= 15 is 0 Å². The van der Waals surface area contributed by atoms with Gasteiger partial charge >= 0.3 is 5.97 Å². The molecule has 1 aromatic carbocycles. The highest BCUT2D eigenvalue weighted by Gasteiger charge is 2.24. The molecule has 1 N–H and O–H groups in total. The van der Waals surface area contributed by atoms with Crippen LogP contribution in [0.5, 0.6) is 0 Å². The molecule has 3 rings (SSSR count). The number of hydrogen-bond donors (Lipinski definition) is 1. The number of fused-ring (bicyclic) bond motifs is 1. The van der Waals surface area contributed by atoms with Gasteiger partial charge in [-0.25, -0.2) is 9.48 Å². The molecule has 1 saturated carbocycles. The van der Waals surface area contributed by atoms with Crippen LogP contribution >= 0.6 is 0 Å². The van der Waals surface area contributed by atoms with Crippen molar-refractivity contribution in [1.29, 1.82) is 0 Å². The third-order valence-corrected chi connectivity index (χ3v) is 4.40. The molecule has 0 spiro atoms. The fourth-order valence-electron chi connectivity index (χ4n) is 3.20. The van der Waals surface area contributed by atoms with Crippen molar-refractivity contribution in [3.63, 3.8) is 0 Å². The Bertz CT molecular complexity index is 635. The summed E-state index contributed by atoms with van der Waals surface area (Å²) in [5.74, 6) is -0.156. The number of aromatic nitrogens is 3. The van der Waals surface area contributed by atoms with Crippen LogP contribution in [0.1, 0.15) is 55.4 Å². The van der Waals surface area contributed by atoms with Crippen LogP contribution in [0.3, 0.4) is 0 Å². The summed E-state index contributed by atoms with van der Waals surface area (Å²) in [5, 5.41) is 17.4. The molecule has 2 aromatic rings. The number of hydrogen-bond acceptors (Lipinski definition) is 3. The smallest absolute Gasteiger partial charge is 0.335 e. The first-order valence-corrected chi connectivity index (χ1v) is 7.27. The SMILES string of the molecule is CCC1CCCC(n2nnc3cc(C(=O)O)ccc32)C1. The maximum absolute atomic E-state index is 11.0. The summed E-state index contributed by atoms with van der Waals surface area (Å²) in [6.45, 7) is 2.24. The number of carbonyl (C=O) groups is 1. The first-order chi connectivity index (χ1) is 9.69. The van der Waals surface area contributed by atoms with E-state index in [1.807, 2.05) is 10.7 Å². The molecule has 2 unspecified atom stereocenters. The summed E-state index contributed by atoms with van der Waals surface area (Å²) in [5.41, 5.74) is 1.87. The van der Waals surface area contributed by atoms with Crippen molar-refractivity contribution in [2.24, 2.45) is 5.92 Å². The molecule has 1 aliphatic carbocycles. The van der Waals surface area contributed by atoms with E-state index in [1.165, 1.54) is 19.3 Å². The Labute approximate surface area is 117 Å². The van der Waals surface area contributed by atoms with Crippen molar-refractivity contribution < 1.29 is 9.90 Å². The maximum Gasteiger partial charge on any atom is 0.335 e.